The zero-order valence-electron chi connectivity index (χ0n) is 18.4. The van der Waals surface area contributed by atoms with Gasteiger partial charge in [0.25, 0.3) is 0 Å². The smallest absolute Gasteiger partial charge is 0.168 e. The Labute approximate surface area is 182 Å². The van der Waals surface area contributed by atoms with E-state index in [0.29, 0.717) is 16.9 Å². The summed E-state index contributed by atoms with van der Waals surface area (Å²) in [4.78, 5) is 19.8. The molecule has 0 amide bonds. The van der Waals surface area contributed by atoms with Crippen molar-refractivity contribution in [2.24, 2.45) is 0 Å². The van der Waals surface area contributed by atoms with Gasteiger partial charge >= 0.3 is 0 Å². The number of aliphatic hydroxyl groups is 2. The third kappa shape index (κ3) is 4.20. The molecule has 0 unspecified atom stereocenters. The zero-order chi connectivity index (χ0) is 22.2. The van der Waals surface area contributed by atoms with Gasteiger partial charge in [-0.2, -0.15) is 9.61 Å². The number of ketones is 1. The van der Waals surface area contributed by atoms with E-state index in [1.807, 2.05) is 61.7 Å². The summed E-state index contributed by atoms with van der Waals surface area (Å²) in [6.07, 6.45) is 2.14. The van der Waals surface area contributed by atoms with Crippen molar-refractivity contribution >= 4 is 17.2 Å². The fraction of sp³-hybridized carbons (Fsp3) is 0.458. The van der Waals surface area contributed by atoms with E-state index in [1.165, 1.54) is 0 Å². The average molecular weight is 423 g/mol. The van der Waals surface area contributed by atoms with Crippen LogP contribution in [-0.2, 0) is 11.8 Å². The normalized spacial score (nSPS) is 16.9. The van der Waals surface area contributed by atoms with Crippen molar-refractivity contribution in [3.63, 3.8) is 0 Å². The Morgan fingerprint density at radius 1 is 1.19 bits per heavy atom. The van der Waals surface area contributed by atoms with Gasteiger partial charge in [-0.25, -0.2) is 4.98 Å². The van der Waals surface area contributed by atoms with E-state index < -0.39 is 0 Å². The van der Waals surface area contributed by atoms with Crippen molar-refractivity contribution in [1.29, 1.82) is 0 Å². The topological polar surface area (TPSA) is 91.0 Å². The van der Waals surface area contributed by atoms with Crippen LogP contribution in [0.1, 0.15) is 54.0 Å². The van der Waals surface area contributed by atoms with E-state index in [1.54, 1.807) is 0 Å². The minimum Gasteiger partial charge on any atom is -0.395 e. The number of rotatable bonds is 7. The molecule has 2 aromatic heterocycles. The highest BCUT2D eigenvalue weighted by atomic mass is 16.3. The molecule has 3 heterocycles. The number of carbonyl (C=O) groups is 1. The monoisotopic (exact) mass is 422 g/mol. The van der Waals surface area contributed by atoms with E-state index in [2.05, 4.69) is 15.0 Å². The predicted octanol–water partition coefficient (Wildman–Crippen LogP) is 2.69. The number of aromatic nitrogens is 3. The number of hydrogen-bond donors (Lipinski definition) is 2. The lowest BCUT2D eigenvalue weighted by atomic mass is 9.85. The van der Waals surface area contributed by atoms with Gasteiger partial charge in [0.2, 0.25) is 0 Å². The number of aliphatic hydroxyl groups excluding tert-OH is 2. The Kier molecular flexibility index (Phi) is 5.81. The van der Waals surface area contributed by atoms with Crippen LogP contribution in [0.5, 0.6) is 0 Å². The number of hydrogen-bond acceptors (Lipinski definition) is 6. The second kappa shape index (κ2) is 8.40. The molecule has 0 bridgehead atoms. The molecule has 1 atom stereocenters. The van der Waals surface area contributed by atoms with Gasteiger partial charge in [0.15, 0.2) is 11.4 Å². The van der Waals surface area contributed by atoms with Gasteiger partial charge in [-0.15, -0.1) is 0 Å². The first kappa shape index (κ1) is 21.5. The first-order valence-corrected chi connectivity index (χ1v) is 10.8. The van der Waals surface area contributed by atoms with Crippen LogP contribution >= 0.6 is 0 Å². The van der Waals surface area contributed by atoms with Gasteiger partial charge in [0.1, 0.15) is 5.82 Å². The van der Waals surface area contributed by atoms with Crippen LogP contribution in [0.2, 0.25) is 0 Å². The van der Waals surface area contributed by atoms with Crippen LogP contribution in [0.3, 0.4) is 0 Å². The summed E-state index contributed by atoms with van der Waals surface area (Å²) in [5.41, 5.74) is 3.53. The molecule has 1 fully saturated rings. The van der Waals surface area contributed by atoms with Crippen molar-refractivity contribution in [2.75, 3.05) is 24.7 Å². The molecule has 2 N–H and O–H groups in total. The van der Waals surface area contributed by atoms with Gasteiger partial charge in [0, 0.05) is 29.7 Å². The van der Waals surface area contributed by atoms with E-state index in [9.17, 15) is 15.0 Å². The molecule has 0 radical (unpaired) electrons. The number of fused-ring (bicyclic) bond motifs is 1. The van der Waals surface area contributed by atoms with Crippen LogP contribution in [-0.4, -0.2) is 56.4 Å². The number of carbonyl (C=O) groups excluding carboxylic acids is 1. The number of nitrogens with zero attached hydrogens (tertiary/aromatic N) is 4. The molecule has 4 rings (SSSR count). The minimum absolute atomic E-state index is 0.00692. The van der Waals surface area contributed by atoms with Crippen molar-refractivity contribution < 1.29 is 15.0 Å². The maximum Gasteiger partial charge on any atom is 0.168 e. The number of anilines is 1. The third-order valence-corrected chi connectivity index (χ3v) is 6.19. The Morgan fingerprint density at radius 3 is 2.61 bits per heavy atom. The molecule has 1 aliphatic heterocycles. The van der Waals surface area contributed by atoms with Crippen LogP contribution in [0, 0.1) is 6.92 Å². The fourth-order valence-corrected chi connectivity index (χ4v) is 4.21. The van der Waals surface area contributed by atoms with E-state index in [0.717, 1.165) is 36.5 Å². The van der Waals surface area contributed by atoms with Crippen LogP contribution < -0.4 is 4.90 Å². The molecular formula is C24H30N4O3. The summed E-state index contributed by atoms with van der Waals surface area (Å²) in [5.74, 6) is 0.866. The minimum atomic E-state index is -0.345. The molecule has 7 nitrogen and oxygen atoms in total. The Hall–Kier alpha value is -2.77. The number of benzene rings is 1. The second-order valence-corrected chi connectivity index (χ2v) is 9.05. The fourth-order valence-electron chi connectivity index (χ4n) is 4.21. The van der Waals surface area contributed by atoms with Gasteiger partial charge < -0.3 is 15.1 Å². The summed E-state index contributed by atoms with van der Waals surface area (Å²) in [6.45, 7) is 6.84. The van der Waals surface area contributed by atoms with Crippen molar-refractivity contribution in [3.05, 3.63) is 58.9 Å². The molecule has 31 heavy (non-hydrogen) atoms. The summed E-state index contributed by atoms with van der Waals surface area (Å²) in [7, 11) is 0. The lowest BCUT2D eigenvalue weighted by Crippen LogP contribution is -2.34. The lowest BCUT2D eigenvalue weighted by molar-refractivity contribution is 0.0992. The van der Waals surface area contributed by atoms with Gasteiger partial charge in [0.05, 0.1) is 37.1 Å². The van der Waals surface area contributed by atoms with E-state index >= 15 is 0 Å². The molecule has 7 heteroatoms. The summed E-state index contributed by atoms with van der Waals surface area (Å²) in [5, 5.41) is 23.9. The first-order chi connectivity index (χ1) is 14.8. The SMILES string of the molecule is Cc1cc2nc(CC(=O)c3ccc(C(C)(C)CO)cc3)cc(N3CCC[C@H]3CO)n2n1. The maximum atomic E-state index is 13.0. The quantitative estimate of drug-likeness (QED) is 0.569. The number of aryl methyl sites for hydroxylation is 1. The first-order valence-electron chi connectivity index (χ1n) is 10.8. The van der Waals surface area contributed by atoms with Crippen LogP contribution in [0.25, 0.3) is 5.65 Å². The largest absolute Gasteiger partial charge is 0.395 e. The Morgan fingerprint density at radius 2 is 1.94 bits per heavy atom. The highest BCUT2D eigenvalue weighted by Gasteiger charge is 2.27. The lowest BCUT2D eigenvalue weighted by Gasteiger charge is -2.26. The highest BCUT2D eigenvalue weighted by Crippen LogP contribution is 2.27. The molecule has 164 valence electrons. The second-order valence-electron chi connectivity index (χ2n) is 9.05. The van der Waals surface area contributed by atoms with E-state index in [4.69, 9.17) is 0 Å². The van der Waals surface area contributed by atoms with Gasteiger partial charge in [-0.05, 0) is 25.3 Å². The molecule has 0 aliphatic carbocycles. The maximum absolute atomic E-state index is 13.0. The molecule has 1 aromatic carbocycles. The van der Waals surface area contributed by atoms with Crippen molar-refractivity contribution in [2.45, 2.75) is 51.5 Å². The van der Waals surface area contributed by atoms with Crippen LogP contribution in [0.15, 0.2) is 36.4 Å². The standard InChI is InChI=1S/C24H30N4O3/c1-16-11-22-25-19(13-23(28(22)26-16)27-10-4-5-20(27)14-29)12-21(31)17-6-8-18(9-7-17)24(2,3)15-30/h6-9,11,13,20,29-30H,4-5,10,12,14-15H2,1-3H3/t20-/m0/s1. The summed E-state index contributed by atoms with van der Waals surface area (Å²) >= 11 is 0. The van der Waals surface area contributed by atoms with Crippen LogP contribution in [0.4, 0.5) is 5.82 Å². The number of Topliss-reactive ketones (excluding diaryl/α,β-unsaturated/α-hetero) is 1. The van der Waals surface area contributed by atoms with Gasteiger partial charge in [-0.3, -0.25) is 4.79 Å². The summed E-state index contributed by atoms with van der Waals surface area (Å²) < 4.78 is 1.81. The highest BCUT2D eigenvalue weighted by molar-refractivity contribution is 5.97. The molecule has 0 saturated carbocycles. The zero-order valence-corrected chi connectivity index (χ0v) is 18.4. The van der Waals surface area contributed by atoms with Gasteiger partial charge in [-0.1, -0.05) is 38.1 Å². The average Bonchev–Trinajstić information content (AvgIpc) is 3.38. The van der Waals surface area contributed by atoms with Crippen molar-refractivity contribution in [1.82, 2.24) is 14.6 Å². The Balaban J connectivity index is 1.63. The Bertz CT molecular complexity index is 1090. The van der Waals surface area contributed by atoms with E-state index in [-0.39, 0.29) is 36.9 Å². The third-order valence-electron chi connectivity index (χ3n) is 6.19. The van der Waals surface area contributed by atoms with Crippen molar-refractivity contribution in [3.8, 4) is 0 Å². The molecule has 1 saturated heterocycles. The predicted molar refractivity (Wildman–Crippen MR) is 120 cm³/mol. The molecule has 0 spiro atoms. The molecular weight excluding hydrogens is 392 g/mol. The molecule has 3 aromatic rings. The summed E-state index contributed by atoms with van der Waals surface area (Å²) in [6, 6.07) is 11.3. The molecule has 1 aliphatic rings.